The van der Waals surface area contributed by atoms with E-state index in [2.05, 4.69) is 10.3 Å². The van der Waals surface area contributed by atoms with E-state index in [4.69, 9.17) is 0 Å². The van der Waals surface area contributed by atoms with Gasteiger partial charge in [0.05, 0.1) is 23.0 Å². The van der Waals surface area contributed by atoms with E-state index in [0.29, 0.717) is 42.6 Å². The van der Waals surface area contributed by atoms with E-state index in [1.165, 1.54) is 4.90 Å². The van der Waals surface area contributed by atoms with Crippen molar-refractivity contribution in [1.82, 2.24) is 9.88 Å². The lowest BCUT2D eigenvalue weighted by molar-refractivity contribution is -0.116. The normalized spacial score (nSPS) is 13.0. The van der Waals surface area contributed by atoms with Crippen LogP contribution < -0.4 is 5.32 Å². The molecule has 128 valence electrons. The summed E-state index contributed by atoms with van der Waals surface area (Å²) in [6.45, 7) is 0.385. The third kappa shape index (κ3) is 3.91. The molecule has 0 bridgehead atoms. The van der Waals surface area contributed by atoms with E-state index >= 15 is 0 Å². The molecule has 0 saturated heterocycles. The lowest BCUT2D eigenvalue weighted by Gasteiger charge is -2.13. The van der Waals surface area contributed by atoms with Gasteiger partial charge >= 0.3 is 0 Å². The molecule has 0 saturated carbocycles. The van der Waals surface area contributed by atoms with E-state index in [0.717, 1.165) is 6.42 Å². The number of hydrogen-bond acceptors (Lipinski definition) is 4. The standard InChI is InChI=1S/C19H19N3O3/c23-17(21-14-7-6-11-20-13-14)10-2-1-5-12-22-18(24)15-8-3-4-9-16(15)19(22)25/h3-4,6-9,11,13H,1-2,5,10,12H2,(H,21,23). The molecule has 3 amide bonds. The lowest BCUT2D eigenvalue weighted by atomic mass is 10.1. The number of anilines is 1. The van der Waals surface area contributed by atoms with Gasteiger partial charge in [-0.15, -0.1) is 0 Å². The molecule has 6 heteroatoms. The van der Waals surface area contributed by atoms with Crippen LogP contribution in [0.3, 0.4) is 0 Å². The second-order valence-corrected chi connectivity index (χ2v) is 5.91. The molecule has 1 aromatic heterocycles. The maximum absolute atomic E-state index is 12.2. The SMILES string of the molecule is O=C(CCCCCN1C(=O)c2ccccc2C1=O)Nc1cccnc1. The third-order valence-corrected chi connectivity index (χ3v) is 4.11. The number of unbranched alkanes of at least 4 members (excludes halogenated alkanes) is 2. The van der Waals surface area contributed by atoms with Gasteiger partial charge in [0.15, 0.2) is 0 Å². The van der Waals surface area contributed by atoms with Crippen molar-refractivity contribution in [2.45, 2.75) is 25.7 Å². The molecule has 3 rings (SSSR count). The number of nitrogens with one attached hydrogen (secondary N) is 1. The van der Waals surface area contributed by atoms with Crippen LogP contribution in [0.25, 0.3) is 0 Å². The fourth-order valence-electron chi connectivity index (χ4n) is 2.83. The summed E-state index contributed by atoms with van der Waals surface area (Å²) in [5, 5.41) is 2.78. The second kappa shape index (κ2) is 7.70. The number of carbonyl (C=O) groups excluding carboxylic acids is 3. The van der Waals surface area contributed by atoms with Crippen molar-refractivity contribution in [3.63, 3.8) is 0 Å². The van der Waals surface area contributed by atoms with E-state index < -0.39 is 0 Å². The fraction of sp³-hybridized carbons (Fsp3) is 0.263. The molecular formula is C19H19N3O3. The van der Waals surface area contributed by atoms with E-state index in [1.807, 2.05) is 0 Å². The second-order valence-electron chi connectivity index (χ2n) is 5.91. The maximum atomic E-state index is 12.2. The number of benzene rings is 1. The summed E-state index contributed by atoms with van der Waals surface area (Å²) >= 11 is 0. The van der Waals surface area contributed by atoms with Crippen LogP contribution >= 0.6 is 0 Å². The Kier molecular flexibility index (Phi) is 5.18. The Labute approximate surface area is 145 Å². The molecule has 1 aliphatic heterocycles. The highest BCUT2D eigenvalue weighted by molar-refractivity contribution is 6.21. The maximum Gasteiger partial charge on any atom is 0.261 e. The zero-order valence-electron chi connectivity index (χ0n) is 13.8. The summed E-state index contributed by atoms with van der Waals surface area (Å²) in [6.07, 6.45) is 5.81. The molecule has 0 atom stereocenters. The Morgan fingerprint density at radius 2 is 1.68 bits per heavy atom. The third-order valence-electron chi connectivity index (χ3n) is 4.11. The zero-order valence-corrected chi connectivity index (χ0v) is 13.8. The van der Waals surface area contributed by atoms with Crippen molar-refractivity contribution in [3.8, 4) is 0 Å². The molecule has 2 aromatic rings. The number of pyridine rings is 1. The number of aromatic nitrogens is 1. The van der Waals surface area contributed by atoms with Crippen LogP contribution in [-0.2, 0) is 4.79 Å². The number of amides is 3. The summed E-state index contributed by atoms with van der Waals surface area (Å²) in [5.74, 6) is -0.515. The van der Waals surface area contributed by atoms with E-state index in [1.54, 1.807) is 48.8 Å². The number of fused-ring (bicyclic) bond motifs is 1. The van der Waals surface area contributed by atoms with Crippen LogP contribution in [0.15, 0.2) is 48.8 Å². The first-order valence-corrected chi connectivity index (χ1v) is 8.32. The number of carbonyl (C=O) groups is 3. The molecule has 6 nitrogen and oxygen atoms in total. The van der Waals surface area contributed by atoms with Crippen molar-refractivity contribution in [2.24, 2.45) is 0 Å². The van der Waals surface area contributed by atoms with Crippen LogP contribution in [0, 0.1) is 0 Å². The van der Waals surface area contributed by atoms with Crippen LogP contribution in [0.5, 0.6) is 0 Å². The van der Waals surface area contributed by atoms with Gasteiger partial charge in [-0.05, 0) is 37.1 Å². The molecule has 25 heavy (non-hydrogen) atoms. The highest BCUT2D eigenvalue weighted by Crippen LogP contribution is 2.22. The predicted octanol–water partition coefficient (Wildman–Crippen LogP) is 2.88. The Morgan fingerprint density at radius 3 is 2.32 bits per heavy atom. The largest absolute Gasteiger partial charge is 0.325 e. The Balaban J connectivity index is 1.39. The molecule has 2 heterocycles. The van der Waals surface area contributed by atoms with E-state index in [9.17, 15) is 14.4 Å². The molecule has 1 N–H and O–H groups in total. The monoisotopic (exact) mass is 337 g/mol. The summed E-state index contributed by atoms with van der Waals surface area (Å²) < 4.78 is 0. The number of rotatable bonds is 7. The molecular weight excluding hydrogens is 318 g/mol. The van der Waals surface area contributed by atoms with Crippen LogP contribution in [0.4, 0.5) is 5.69 Å². The topological polar surface area (TPSA) is 79.4 Å². The molecule has 0 unspecified atom stereocenters. The van der Waals surface area contributed by atoms with Crippen LogP contribution in [-0.4, -0.2) is 34.2 Å². The lowest BCUT2D eigenvalue weighted by Crippen LogP contribution is -2.30. The number of hydrogen-bond donors (Lipinski definition) is 1. The van der Waals surface area contributed by atoms with Crippen molar-refractivity contribution in [3.05, 3.63) is 59.9 Å². The van der Waals surface area contributed by atoms with Crippen LogP contribution in [0.1, 0.15) is 46.4 Å². The molecule has 0 spiro atoms. The number of imide groups is 1. The fourth-order valence-corrected chi connectivity index (χ4v) is 2.83. The van der Waals surface area contributed by atoms with Gasteiger partial charge in [-0.3, -0.25) is 24.3 Å². The van der Waals surface area contributed by atoms with Crippen LogP contribution in [0.2, 0.25) is 0 Å². The van der Waals surface area contributed by atoms with Gasteiger partial charge in [-0.25, -0.2) is 0 Å². The minimum absolute atomic E-state index is 0.0614. The first kappa shape index (κ1) is 16.8. The molecule has 0 aliphatic carbocycles. The quantitative estimate of drug-likeness (QED) is 0.622. The highest BCUT2D eigenvalue weighted by atomic mass is 16.2. The van der Waals surface area contributed by atoms with Gasteiger partial charge in [0, 0.05) is 19.2 Å². The highest BCUT2D eigenvalue weighted by Gasteiger charge is 2.34. The first-order valence-electron chi connectivity index (χ1n) is 8.32. The summed E-state index contributed by atoms with van der Waals surface area (Å²) in [7, 11) is 0. The summed E-state index contributed by atoms with van der Waals surface area (Å²) in [5.41, 5.74) is 1.63. The Morgan fingerprint density at radius 1 is 0.960 bits per heavy atom. The summed E-state index contributed by atoms with van der Waals surface area (Å²) in [6, 6.07) is 10.4. The molecule has 1 aliphatic rings. The average Bonchev–Trinajstić information content (AvgIpc) is 2.87. The summed E-state index contributed by atoms with van der Waals surface area (Å²) in [4.78, 5) is 41.5. The minimum Gasteiger partial charge on any atom is -0.325 e. The van der Waals surface area contributed by atoms with Gasteiger partial charge in [-0.2, -0.15) is 0 Å². The predicted molar refractivity (Wildman–Crippen MR) is 93.1 cm³/mol. The van der Waals surface area contributed by atoms with Crippen molar-refractivity contribution < 1.29 is 14.4 Å². The average molecular weight is 337 g/mol. The van der Waals surface area contributed by atoms with Crippen molar-refractivity contribution >= 4 is 23.4 Å². The van der Waals surface area contributed by atoms with Gasteiger partial charge in [0.2, 0.25) is 5.91 Å². The Bertz CT molecular complexity index is 755. The van der Waals surface area contributed by atoms with Gasteiger partial charge < -0.3 is 5.32 Å². The molecule has 1 aromatic carbocycles. The Hall–Kier alpha value is -3.02. The number of nitrogens with zero attached hydrogens (tertiary/aromatic N) is 2. The first-order chi connectivity index (χ1) is 12.2. The van der Waals surface area contributed by atoms with Gasteiger partial charge in [0.1, 0.15) is 0 Å². The van der Waals surface area contributed by atoms with Crippen molar-refractivity contribution in [2.75, 3.05) is 11.9 Å². The smallest absolute Gasteiger partial charge is 0.261 e. The van der Waals surface area contributed by atoms with Gasteiger partial charge in [0.25, 0.3) is 11.8 Å². The van der Waals surface area contributed by atoms with E-state index in [-0.39, 0.29) is 17.7 Å². The molecule has 0 radical (unpaired) electrons. The minimum atomic E-state index is -0.227. The zero-order chi connectivity index (χ0) is 17.6. The van der Waals surface area contributed by atoms with Crippen molar-refractivity contribution in [1.29, 1.82) is 0 Å². The molecule has 0 fully saturated rings. The van der Waals surface area contributed by atoms with Gasteiger partial charge in [-0.1, -0.05) is 18.6 Å².